The Morgan fingerprint density at radius 3 is 2.53 bits per heavy atom. The fourth-order valence-electron chi connectivity index (χ4n) is 3.37. The Bertz CT molecular complexity index is 1200. The van der Waals surface area contributed by atoms with Crippen LogP contribution in [0.25, 0.3) is 5.70 Å². The Kier molecular flexibility index (Phi) is 5.15. The van der Waals surface area contributed by atoms with Gasteiger partial charge in [-0.2, -0.15) is 18.2 Å². The average Bonchev–Trinajstić information content (AvgIpc) is 3.10. The lowest BCUT2D eigenvalue weighted by Gasteiger charge is -2.31. The minimum Gasteiger partial charge on any atom is -0.425 e. The van der Waals surface area contributed by atoms with Gasteiger partial charge in [-0.05, 0) is 36.8 Å². The van der Waals surface area contributed by atoms with Gasteiger partial charge in [-0.1, -0.05) is 18.7 Å². The number of urea groups is 1. The van der Waals surface area contributed by atoms with Gasteiger partial charge in [-0.15, -0.1) is 0 Å². The van der Waals surface area contributed by atoms with Crippen molar-refractivity contribution in [2.24, 2.45) is 0 Å². The monoisotopic (exact) mass is 443 g/mol. The SMILES string of the molecule is C=C1c2c(nc(Oc3cccc(C(F)(F)F)c3)n2Cc2ccc(C)nc2)N(C)C(=O)N1C. The summed E-state index contributed by atoms with van der Waals surface area (Å²) in [5, 5.41) is 0. The van der Waals surface area contributed by atoms with Crippen molar-refractivity contribution < 1.29 is 22.7 Å². The zero-order chi connectivity index (χ0) is 23.2. The highest BCUT2D eigenvalue weighted by atomic mass is 19.4. The number of alkyl halides is 3. The Hall–Kier alpha value is -3.82. The number of fused-ring (bicyclic) bond motifs is 1. The van der Waals surface area contributed by atoms with Crippen LogP contribution in [0.3, 0.4) is 0 Å². The highest BCUT2D eigenvalue weighted by molar-refractivity contribution is 6.02. The highest BCUT2D eigenvalue weighted by Crippen LogP contribution is 2.39. The molecule has 4 rings (SSSR count). The zero-order valence-corrected chi connectivity index (χ0v) is 17.6. The fourth-order valence-corrected chi connectivity index (χ4v) is 3.37. The molecular formula is C22H20F3N5O2. The number of nitrogens with zero attached hydrogens (tertiary/aromatic N) is 5. The summed E-state index contributed by atoms with van der Waals surface area (Å²) in [6.07, 6.45) is -2.81. The maximum absolute atomic E-state index is 13.1. The fraction of sp³-hybridized carbons (Fsp3) is 0.227. The van der Waals surface area contributed by atoms with E-state index < -0.39 is 11.7 Å². The molecule has 0 saturated carbocycles. The molecule has 2 amide bonds. The van der Waals surface area contributed by atoms with E-state index in [0.717, 1.165) is 23.4 Å². The molecule has 166 valence electrons. The van der Waals surface area contributed by atoms with Crippen LogP contribution >= 0.6 is 0 Å². The van der Waals surface area contributed by atoms with Crippen LogP contribution < -0.4 is 9.64 Å². The third kappa shape index (κ3) is 3.79. The molecule has 0 saturated heterocycles. The van der Waals surface area contributed by atoms with Crippen LogP contribution in [0.15, 0.2) is 49.2 Å². The number of imidazole rings is 1. The number of hydrogen-bond donors (Lipinski definition) is 0. The van der Waals surface area contributed by atoms with Gasteiger partial charge in [0.05, 0.1) is 17.8 Å². The molecule has 3 aromatic rings. The molecule has 0 spiro atoms. The van der Waals surface area contributed by atoms with Crippen molar-refractivity contribution in [3.8, 4) is 11.8 Å². The molecule has 0 aliphatic carbocycles. The number of halogens is 3. The lowest BCUT2D eigenvalue weighted by molar-refractivity contribution is -0.137. The van der Waals surface area contributed by atoms with Crippen molar-refractivity contribution >= 4 is 17.5 Å². The summed E-state index contributed by atoms with van der Waals surface area (Å²) in [6, 6.07) is 7.97. The molecule has 2 aromatic heterocycles. The molecule has 10 heteroatoms. The molecule has 1 aliphatic rings. The van der Waals surface area contributed by atoms with E-state index >= 15 is 0 Å². The lowest BCUT2D eigenvalue weighted by Crippen LogP contribution is -2.42. The van der Waals surface area contributed by atoms with Crippen molar-refractivity contribution in [3.05, 3.63) is 71.7 Å². The van der Waals surface area contributed by atoms with Gasteiger partial charge in [0.25, 0.3) is 0 Å². The van der Waals surface area contributed by atoms with Crippen LogP contribution in [0.4, 0.5) is 23.8 Å². The maximum Gasteiger partial charge on any atom is 0.416 e. The van der Waals surface area contributed by atoms with Crippen LogP contribution in [0.5, 0.6) is 11.8 Å². The molecule has 0 unspecified atom stereocenters. The maximum atomic E-state index is 13.1. The normalized spacial score (nSPS) is 14.1. The van der Waals surface area contributed by atoms with Crippen LogP contribution in [-0.4, -0.2) is 39.6 Å². The van der Waals surface area contributed by atoms with Gasteiger partial charge in [0.2, 0.25) is 0 Å². The number of aromatic nitrogens is 3. The van der Waals surface area contributed by atoms with E-state index in [1.54, 1.807) is 24.9 Å². The number of benzene rings is 1. The standard InChI is InChI=1S/C22H20F3N5O2/c1-13-8-9-15(11-26-13)12-30-18-14(2)28(3)21(31)29(4)19(18)27-20(30)32-17-7-5-6-16(10-17)22(23,24)25/h5-11H,2,12H2,1,3-4H3. The van der Waals surface area contributed by atoms with Crippen molar-refractivity contribution in [2.45, 2.75) is 19.6 Å². The van der Waals surface area contributed by atoms with Crippen LogP contribution in [0.1, 0.15) is 22.5 Å². The van der Waals surface area contributed by atoms with Crippen molar-refractivity contribution in [1.29, 1.82) is 0 Å². The second kappa shape index (κ2) is 7.70. The number of anilines is 1. The van der Waals surface area contributed by atoms with E-state index in [9.17, 15) is 18.0 Å². The largest absolute Gasteiger partial charge is 0.425 e. The first-order valence-corrected chi connectivity index (χ1v) is 9.64. The third-order valence-corrected chi connectivity index (χ3v) is 5.17. The Labute approximate surface area is 182 Å². The molecule has 7 nitrogen and oxygen atoms in total. The minimum absolute atomic E-state index is 0.0293. The quantitative estimate of drug-likeness (QED) is 0.574. The van der Waals surface area contributed by atoms with Crippen molar-refractivity contribution in [2.75, 3.05) is 19.0 Å². The molecule has 0 bridgehead atoms. The van der Waals surface area contributed by atoms with Crippen LogP contribution in [0, 0.1) is 6.92 Å². The number of ether oxygens (including phenoxy) is 1. The molecule has 0 atom stereocenters. The van der Waals surface area contributed by atoms with Crippen molar-refractivity contribution in [3.63, 3.8) is 0 Å². The number of carbonyl (C=O) groups excluding carboxylic acids is 1. The third-order valence-electron chi connectivity index (χ3n) is 5.17. The second-order valence-electron chi connectivity index (χ2n) is 7.44. The molecule has 0 N–H and O–H groups in total. The van der Waals surface area contributed by atoms with E-state index in [-0.39, 0.29) is 24.3 Å². The number of rotatable bonds is 4. The van der Waals surface area contributed by atoms with Gasteiger partial charge < -0.3 is 4.74 Å². The van der Waals surface area contributed by atoms with E-state index in [1.807, 2.05) is 19.1 Å². The first kappa shape index (κ1) is 21.4. The van der Waals surface area contributed by atoms with E-state index in [4.69, 9.17) is 4.74 Å². The predicted octanol–water partition coefficient (Wildman–Crippen LogP) is 4.92. The number of hydrogen-bond acceptors (Lipinski definition) is 4. The minimum atomic E-state index is -4.51. The topological polar surface area (TPSA) is 63.5 Å². The summed E-state index contributed by atoms with van der Waals surface area (Å²) in [5.74, 6) is 0.276. The summed E-state index contributed by atoms with van der Waals surface area (Å²) < 4.78 is 46.9. The van der Waals surface area contributed by atoms with Gasteiger partial charge in [-0.3, -0.25) is 19.4 Å². The first-order valence-electron chi connectivity index (χ1n) is 9.64. The van der Waals surface area contributed by atoms with Crippen LogP contribution in [-0.2, 0) is 12.7 Å². The zero-order valence-electron chi connectivity index (χ0n) is 17.6. The van der Waals surface area contributed by atoms with Gasteiger partial charge in [0, 0.05) is 26.0 Å². The molecule has 1 aromatic carbocycles. The summed E-state index contributed by atoms with van der Waals surface area (Å²) in [4.78, 5) is 23.9. The van der Waals surface area contributed by atoms with Gasteiger partial charge in [0.1, 0.15) is 11.4 Å². The molecule has 32 heavy (non-hydrogen) atoms. The molecular weight excluding hydrogens is 423 g/mol. The van der Waals surface area contributed by atoms with Gasteiger partial charge in [0.15, 0.2) is 5.82 Å². The van der Waals surface area contributed by atoms with Gasteiger partial charge >= 0.3 is 18.2 Å². The van der Waals surface area contributed by atoms with E-state index in [1.165, 1.54) is 21.9 Å². The summed E-state index contributed by atoms with van der Waals surface area (Å²) in [7, 11) is 3.14. The number of aryl methyl sites for hydroxylation is 1. The van der Waals surface area contributed by atoms with E-state index in [2.05, 4.69) is 16.5 Å². The highest BCUT2D eigenvalue weighted by Gasteiger charge is 2.35. The second-order valence-corrected chi connectivity index (χ2v) is 7.44. The number of pyridine rings is 1. The van der Waals surface area contributed by atoms with E-state index in [0.29, 0.717) is 17.2 Å². The molecule has 1 aliphatic heterocycles. The summed E-state index contributed by atoms with van der Waals surface area (Å²) >= 11 is 0. The molecule has 0 fully saturated rings. The summed E-state index contributed by atoms with van der Waals surface area (Å²) in [5.41, 5.74) is 1.75. The average molecular weight is 443 g/mol. The number of amides is 2. The first-order chi connectivity index (χ1) is 15.1. The Morgan fingerprint density at radius 2 is 1.88 bits per heavy atom. The van der Waals surface area contributed by atoms with Crippen molar-refractivity contribution in [1.82, 2.24) is 19.4 Å². The van der Waals surface area contributed by atoms with Gasteiger partial charge in [-0.25, -0.2) is 4.79 Å². The molecule has 0 radical (unpaired) electrons. The predicted molar refractivity (Wildman–Crippen MR) is 112 cm³/mol. The Morgan fingerprint density at radius 1 is 1.12 bits per heavy atom. The number of carbonyl (C=O) groups is 1. The smallest absolute Gasteiger partial charge is 0.416 e. The Balaban J connectivity index is 1.81. The van der Waals surface area contributed by atoms with Crippen LogP contribution in [0.2, 0.25) is 0 Å². The molecule has 3 heterocycles. The lowest BCUT2D eigenvalue weighted by atomic mass is 10.2. The summed E-state index contributed by atoms with van der Waals surface area (Å²) in [6.45, 7) is 6.13.